The quantitative estimate of drug-likeness (QED) is 0.316. The number of carbonyl (C=O) groups is 1. The van der Waals surface area contributed by atoms with Crippen molar-refractivity contribution in [3.05, 3.63) is 70.4 Å². The Balaban J connectivity index is 1.25. The predicted molar refractivity (Wildman–Crippen MR) is 132 cm³/mol. The van der Waals surface area contributed by atoms with Crippen LogP contribution in [0.5, 0.6) is 5.75 Å². The van der Waals surface area contributed by atoms with Crippen molar-refractivity contribution in [2.75, 3.05) is 38.6 Å². The van der Waals surface area contributed by atoms with Crippen molar-refractivity contribution in [3.8, 4) is 5.75 Å². The van der Waals surface area contributed by atoms with Gasteiger partial charge in [-0.25, -0.2) is 0 Å². The number of nitrogens with one attached hydrogen (secondary N) is 2. The molecule has 3 aromatic rings. The number of ether oxygens (including phenoxy) is 1. The zero-order valence-electron chi connectivity index (χ0n) is 19.5. The maximum Gasteiger partial charge on any atom is 0.271 e. The number of rotatable bonds is 9. The van der Waals surface area contributed by atoms with Crippen LogP contribution >= 0.6 is 0 Å². The van der Waals surface area contributed by atoms with E-state index in [-0.39, 0.29) is 24.2 Å². The fourth-order valence-electron chi connectivity index (χ4n) is 4.37. The van der Waals surface area contributed by atoms with Gasteiger partial charge in [-0.1, -0.05) is 6.07 Å². The number of piperidine rings is 1. The fourth-order valence-corrected chi connectivity index (χ4v) is 4.37. The number of aromatic nitrogens is 1. The molecule has 1 aliphatic heterocycles. The van der Waals surface area contributed by atoms with E-state index < -0.39 is 11.0 Å². The van der Waals surface area contributed by atoms with Gasteiger partial charge in [-0.15, -0.1) is 0 Å². The topological polar surface area (TPSA) is 130 Å². The van der Waals surface area contributed by atoms with Crippen LogP contribution in [-0.4, -0.2) is 65.2 Å². The number of aliphatic hydroxyl groups is 1. The number of methoxy groups -OCH3 is 1. The number of amides is 1. The Labute approximate surface area is 203 Å². The minimum atomic E-state index is -0.655. The maximum atomic E-state index is 12.3. The van der Waals surface area contributed by atoms with Gasteiger partial charge in [0.1, 0.15) is 5.75 Å². The molecule has 10 nitrogen and oxygen atoms in total. The lowest BCUT2D eigenvalue weighted by Crippen LogP contribution is -2.45. The normalized spacial score (nSPS) is 15.6. The van der Waals surface area contributed by atoms with Gasteiger partial charge in [-0.05, 0) is 61.8 Å². The molecule has 0 radical (unpaired) electrons. The van der Waals surface area contributed by atoms with Crippen LogP contribution in [0.15, 0.2) is 54.7 Å². The van der Waals surface area contributed by atoms with E-state index in [0.717, 1.165) is 48.1 Å². The number of nitrogens with zero attached hydrogens (tertiary/aromatic N) is 3. The largest absolute Gasteiger partial charge is 0.497 e. The van der Waals surface area contributed by atoms with Gasteiger partial charge in [0.05, 0.1) is 30.2 Å². The molecule has 1 saturated heterocycles. The first-order valence-corrected chi connectivity index (χ1v) is 11.5. The maximum absolute atomic E-state index is 12.3. The molecule has 0 spiro atoms. The Kier molecular flexibility index (Phi) is 7.86. The Morgan fingerprint density at radius 1 is 1.26 bits per heavy atom. The first-order chi connectivity index (χ1) is 16.9. The van der Waals surface area contributed by atoms with Crippen molar-refractivity contribution in [2.24, 2.45) is 0 Å². The summed E-state index contributed by atoms with van der Waals surface area (Å²) in [6.07, 6.45) is 2.75. The number of anilines is 1. The SMILES string of the molecule is COc1ccc2nccc(C(O)CN3CCC(NCC(=O)Nc4cccc([N+](=O)[O-])c4)CC3)c2c1. The molecule has 1 atom stereocenters. The van der Waals surface area contributed by atoms with Gasteiger partial charge >= 0.3 is 0 Å². The average molecular weight is 480 g/mol. The van der Waals surface area contributed by atoms with E-state index >= 15 is 0 Å². The van der Waals surface area contributed by atoms with E-state index in [1.54, 1.807) is 19.4 Å². The third kappa shape index (κ3) is 6.30. The highest BCUT2D eigenvalue weighted by Crippen LogP contribution is 2.27. The summed E-state index contributed by atoms with van der Waals surface area (Å²) in [6, 6.07) is 13.6. The van der Waals surface area contributed by atoms with Gasteiger partial charge < -0.3 is 25.4 Å². The molecule has 1 aliphatic rings. The van der Waals surface area contributed by atoms with E-state index in [4.69, 9.17) is 4.74 Å². The van der Waals surface area contributed by atoms with Crippen LogP contribution in [0.1, 0.15) is 24.5 Å². The number of fused-ring (bicyclic) bond motifs is 1. The molecule has 1 fully saturated rings. The van der Waals surface area contributed by atoms with Crippen molar-refractivity contribution in [1.29, 1.82) is 0 Å². The molecule has 1 unspecified atom stereocenters. The van der Waals surface area contributed by atoms with Crippen LogP contribution < -0.4 is 15.4 Å². The number of benzene rings is 2. The summed E-state index contributed by atoms with van der Waals surface area (Å²) in [7, 11) is 1.61. The molecule has 0 aliphatic carbocycles. The highest BCUT2D eigenvalue weighted by molar-refractivity contribution is 5.92. The second-order valence-electron chi connectivity index (χ2n) is 8.61. The van der Waals surface area contributed by atoms with Gasteiger partial charge in [0.2, 0.25) is 5.91 Å². The molecule has 35 heavy (non-hydrogen) atoms. The molecular formula is C25H29N5O5. The number of likely N-dealkylation sites (tertiary alicyclic amines) is 1. The van der Waals surface area contributed by atoms with E-state index in [1.807, 2.05) is 24.3 Å². The second-order valence-corrected chi connectivity index (χ2v) is 8.61. The number of nitro groups is 1. The summed E-state index contributed by atoms with van der Waals surface area (Å²) in [6.45, 7) is 2.23. The second kappa shape index (κ2) is 11.2. The van der Waals surface area contributed by atoms with Crippen molar-refractivity contribution in [2.45, 2.75) is 25.0 Å². The van der Waals surface area contributed by atoms with Gasteiger partial charge in [-0.3, -0.25) is 19.9 Å². The van der Waals surface area contributed by atoms with Crippen LogP contribution in [0.4, 0.5) is 11.4 Å². The predicted octanol–water partition coefficient (Wildman–Crippen LogP) is 2.88. The van der Waals surface area contributed by atoms with E-state index in [2.05, 4.69) is 20.5 Å². The van der Waals surface area contributed by atoms with Gasteiger partial charge in [0.25, 0.3) is 5.69 Å². The first kappa shape index (κ1) is 24.5. The Morgan fingerprint density at radius 2 is 2.06 bits per heavy atom. The highest BCUT2D eigenvalue weighted by Gasteiger charge is 2.23. The van der Waals surface area contributed by atoms with Crippen molar-refractivity contribution >= 4 is 28.2 Å². The summed E-state index contributed by atoms with van der Waals surface area (Å²) in [4.78, 5) is 29.2. The lowest BCUT2D eigenvalue weighted by molar-refractivity contribution is -0.384. The van der Waals surface area contributed by atoms with Gasteiger partial charge in [-0.2, -0.15) is 0 Å². The summed E-state index contributed by atoms with van der Waals surface area (Å²) in [5.41, 5.74) is 1.97. The number of nitro benzene ring substituents is 1. The molecule has 10 heteroatoms. The van der Waals surface area contributed by atoms with E-state index in [0.29, 0.717) is 12.2 Å². The number of aliphatic hydroxyl groups excluding tert-OH is 1. The molecule has 0 saturated carbocycles. The molecule has 3 N–H and O–H groups in total. The number of hydrogen-bond acceptors (Lipinski definition) is 8. The standard InChI is InChI=1S/C25H29N5O5/c1-35-20-5-6-23-22(14-20)21(7-10-26-23)24(31)16-29-11-8-17(9-12-29)27-15-25(32)28-18-3-2-4-19(13-18)30(33)34/h2-7,10,13-14,17,24,27,31H,8-9,11-12,15-16H2,1H3,(H,28,32). The van der Waals surface area contributed by atoms with Crippen molar-refractivity contribution < 1.29 is 19.6 Å². The van der Waals surface area contributed by atoms with Crippen molar-refractivity contribution in [1.82, 2.24) is 15.2 Å². The van der Waals surface area contributed by atoms with Crippen LogP contribution in [-0.2, 0) is 4.79 Å². The summed E-state index contributed by atoms with van der Waals surface area (Å²) < 4.78 is 5.32. The Morgan fingerprint density at radius 3 is 2.80 bits per heavy atom. The number of hydrogen-bond donors (Lipinski definition) is 3. The van der Waals surface area contributed by atoms with Crippen LogP contribution in [0, 0.1) is 10.1 Å². The van der Waals surface area contributed by atoms with Gasteiger partial charge in [0.15, 0.2) is 0 Å². The van der Waals surface area contributed by atoms with Crippen LogP contribution in [0.2, 0.25) is 0 Å². The molecule has 1 aromatic heterocycles. The highest BCUT2D eigenvalue weighted by atomic mass is 16.6. The Hall–Kier alpha value is -3.60. The molecular weight excluding hydrogens is 450 g/mol. The molecule has 1 amide bonds. The summed E-state index contributed by atoms with van der Waals surface area (Å²) in [5, 5.41) is 28.7. The van der Waals surface area contributed by atoms with E-state index in [9.17, 15) is 20.0 Å². The number of non-ortho nitro benzene ring substituents is 1. The molecule has 0 bridgehead atoms. The fraction of sp³-hybridized carbons (Fsp3) is 0.360. The van der Waals surface area contributed by atoms with Crippen LogP contribution in [0.25, 0.3) is 10.9 Å². The average Bonchev–Trinajstić information content (AvgIpc) is 2.87. The number of pyridine rings is 1. The monoisotopic (exact) mass is 479 g/mol. The zero-order valence-corrected chi connectivity index (χ0v) is 19.5. The van der Waals surface area contributed by atoms with E-state index in [1.165, 1.54) is 18.2 Å². The smallest absolute Gasteiger partial charge is 0.271 e. The molecule has 2 heterocycles. The lowest BCUT2D eigenvalue weighted by Gasteiger charge is -2.33. The lowest BCUT2D eigenvalue weighted by atomic mass is 10.0. The molecule has 4 rings (SSSR count). The minimum absolute atomic E-state index is 0.0655. The van der Waals surface area contributed by atoms with Gasteiger partial charge in [0, 0.05) is 42.0 Å². The zero-order chi connectivity index (χ0) is 24.8. The molecule has 184 valence electrons. The third-order valence-electron chi connectivity index (χ3n) is 6.25. The number of β-amino-alcohol motifs (C(OH)–C–C–N with tert-alkyl or cyclic N) is 1. The third-order valence-corrected chi connectivity index (χ3v) is 6.25. The van der Waals surface area contributed by atoms with Crippen molar-refractivity contribution in [3.63, 3.8) is 0 Å². The Bertz CT molecular complexity index is 1200. The summed E-state index contributed by atoms with van der Waals surface area (Å²) >= 11 is 0. The summed E-state index contributed by atoms with van der Waals surface area (Å²) in [5.74, 6) is 0.476. The van der Waals surface area contributed by atoms with Crippen LogP contribution in [0.3, 0.4) is 0 Å². The first-order valence-electron chi connectivity index (χ1n) is 11.5. The number of carbonyl (C=O) groups excluding carboxylic acids is 1. The molecule has 2 aromatic carbocycles. The minimum Gasteiger partial charge on any atom is -0.497 e.